The highest BCUT2D eigenvalue weighted by Gasteiger charge is 2.62. The summed E-state index contributed by atoms with van der Waals surface area (Å²) >= 11 is 0. The summed E-state index contributed by atoms with van der Waals surface area (Å²) in [6.07, 6.45) is 7.84. The van der Waals surface area contributed by atoms with Gasteiger partial charge in [0.1, 0.15) is 6.10 Å². The van der Waals surface area contributed by atoms with E-state index in [2.05, 4.69) is 13.8 Å². The molecule has 0 spiro atoms. The van der Waals surface area contributed by atoms with Crippen LogP contribution < -0.4 is 0 Å². The Morgan fingerprint density at radius 2 is 1.68 bits per heavy atom. The topological polar surface area (TPSA) is 49.7 Å². The van der Waals surface area contributed by atoms with Crippen molar-refractivity contribution in [3.63, 3.8) is 0 Å². The van der Waals surface area contributed by atoms with E-state index in [1.165, 1.54) is 6.42 Å². The third kappa shape index (κ3) is 3.79. The second-order valence-corrected chi connectivity index (χ2v) is 12.5. The Bertz CT molecular complexity index is 666. The van der Waals surface area contributed by atoms with E-state index in [1.54, 1.807) is 7.11 Å². The molecule has 0 bridgehead atoms. The molecule has 0 radical (unpaired) electrons. The van der Waals surface area contributed by atoms with E-state index >= 15 is 0 Å². The van der Waals surface area contributed by atoms with Gasteiger partial charge in [-0.05, 0) is 104 Å². The largest absolute Gasteiger partial charge is 0.387 e. The smallest absolute Gasteiger partial charge is 0.270 e. The van der Waals surface area contributed by atoms with E-state index < -0.39 is 17.6 Å². The molecule has 0 heterocycles. The van der Waals surface area contributed by atoms with Crippen LogP contribution in [0.4, 0.5) is 8.78 Å². The normalized spacial score (nSPS) is 49.6. The number of aliphatic hydroxyl groups excluding tert-OH is 1. The molecule has 10 atom stereocenters. The number of hydrogen-bond acceptors (Lipinski definition) is 3. The molecule has 0 aromatic carbocycles. The molecular weight excluding hydrogens is 398 g/mol. The van der Waals surface area contributed by atoms with Crippen LogP contribution in [0.15, 0.2) is 0 Å². The minimum absolute atomic E-state index is 0.0570. The Labute approximate surface area is 187 Å². The number of methoxy groups -OCH3 is 1. The molecular formula is C26H44F2O3. The average Bonchev–Trinajstić information content (AvgIpc) is 3.04. The Morgan fingerprint density at radius 1 is 1.00 bits per heavy atom. The first-order chi connectivity index (χ1) is 14.4. The summed E-state index contributed by atoms with van der Waals surface area (Å²) in [4.78, 5) is 0. The third-order valence-electron chi connectivity index (χ3n) is 11.0. The molecule has 0 aromatic rings. The van der Waals surface area contributed by atoms with Gasteiger partial charge in [0.2, 0.25) is 0 Å². The van der Waals surface area contributed by atoms with Crippen LogP contribution in [0.3, 0.4) is 0 Å². The molecule has 0 aromatic heterocycles. The van der Waals surface area contributed by atoms with E-state index in [9.17, 15) is 19.0 Å². The number of hydrogen-bond donors (Lipinski definition) is 2. The van der Waals surface area contributed by atoms with E-state index in [1.807, 2.05) is 6.92 Å². The highest BCUT2D eigenvalue weighted by molar-refractivity contribution is 5.11. The van der Waals surface area contributed by atoms with Crippen LogP contribution in [0.25, 0.3) is 0 Å². The summed E-state index contributed by atoms with van der Waals surface area (Å²) in [5.41, 5.74) is -0.351. The van der Waals surface area contributed by atoms with Crippen LogP contribution >= 0.6 is 0 Å². The number of halogens is 2. The molecule has 3 nitrogen and oxygen atoms in total. The number of rotatable bonds is 5. The highest BCUT2D eigenvalue weighted by atomic mass is 19.3. The van der Waals surface area contributed by atoms with Gasteiger partial charge in [0.15, 0.2) is 0 Å². The van der Waals surface area contributed by atoms with Gasteiger partial charge in [0.05, 0.1) is 12.2 Å². The summed E-state index contributed by atoms with van der Waals surface area (Å²) in [5.74, 6) is -0.802. The average molecular weight is 443 g/mol. The summed E-state index contributed by atoms with van der Waals surface area (Å²) < 4.78 is 33.1. The molecule has 4 aliphatic carbocycles. The predicted molar refractivity (Wildman–Crippen MR) is 118 cm³/mol. The lowest BCUT2D eigenvalue weighted by atomic mass is 9.43. The van der Waals surface area contributed by atoms with Gasteiger partial charge in [-0.25, -0.2) is 8.78 Å². The number of ether oxygens (including phenoxy) is 1. The lowest BCUT2D eigenvalue weighted by Gasteiger charge is -2.62. The summed E-state index contributed by atoms with van der Waals surface area (Å²) in [6.45, 7) is 7.95. The van der Waals surface area contributed by atoms with E-state index in [-0.39, 0.29) is 22.7 Å². The maximum absolute atomic E-state index is 13.9. The number of alkyl halides is 2. The van der Waals surface area contributed by atoms with Gasteiger partial charge in [-0.2, -0.15) is 0 Å². The lowest BCUT2D eigenvalue weighted by molar-refractivity contribution is -0.170. The zero-order valence-electron chi connectivity index (χ0n) is 20.2. The Hall–Kier alpha value is -0.260. The zero-order chi connectivity index (χ0) is 22.8. The SMILES string of the molecule is COC[C@]1(O)CC[C@@]2(C)[C@H](CC[C@@H]3[C@@H]2CC[C@]2(C)[C@@H]([C@H](C)[C@H](O)C(C)(F)F)CC[C@@H]32)C1. The van der Waals surface area contributed by atoms with Crippen molar-refractivity contribution in [2.24, 2.45) is 46.3 Å². The van der Waals surface area contributed by atoms with Crippen LogP contribution in [0, 0.1) is 46.3 Å². The van der Waals surface area contributed by atoms with Gasteiger partial charge < -0.3 is 14.9 Å². The molecule has 0 unspecified atom stereocenters. The zero-order valence-corrected chi connectivity index (χ0v) is 20.2. The molecule has 4 saturated carbocycles. The monoisotopic (exact) mass is 442 g/mol. The van der Waals surface area contributed by atoms with Crippen molar-refractivity contribution in [3.8, 4) is 0 Å². The molecule has 0 aliphatic heterocycles. The van der Waals surface area contributed by atoms with Gasteiger partial charge in [-0.3, -0.25) is 0 Å². The Balaban J connectivity index is 1.53. The van der Waals surface area contributed by atoms with E-state index in [0.29, 0.717) is 30.3 Å². The Morgan fingerprint density at radius 3 is 2.32 bits per heavy atom. The van der Waals surface area contributed by atoms with Crippen molar-refractivity contribution in [2.75, 3.05) is 13.7 Å². The van der Waals surface area contributed by atoms with Crippen molar-refractivity contribution in [3.05, 3.63) is 0 Å². The van der Waals surface area contributed by atoms with Crippen LogP contribution in [0.5, 0.6) is 0 Å². The van der Waals surface area contributed by atoms with Crippen LogP contribution in [0.1, 0.15) is 85.5 Å². The molecule has 0 amide bonds. The molecule has 0 saturated heterocycles. The fourth-order valence-corrected chi connectivity index (χ4v) is 9.31. The predicted octanol–water partition coefficient (Wildman–Crippen LogP) is 5.68. The molecule has 4 fully saturated rings. The lowest BCUT2D eigenvalue weighted by Crippen LogP contribution is -2.57. The minimum Gasteiger partial charge on any atom is -0.387 e. The highest BCUT2D eigenvalue weighted by Crippen LogP contribution is 2.69. The van der Waals surface area contributed by atoms with Gasteiger partial charge in [0, 0.05) is 14.0 Å². The molecule has 31 heavy (non-hydrogen) atoms. The van der Waals surface area contributed by atoms with Gasteiger partial charge >= 0.3 is 0 Å². The molecule has 5 heteroatoms. The first kappa shape index (κ1) is 23.9. The second-order valence-electron chi connectivity index (χ2n) is 12.5. The molecule has 2 N–H and O–H groups in total. The van der Waals surface area contributed by atoms with Crippen molar-refractivity contribution in [1.82, 2.24) is 0 Å². The Kier molecular flexibility index (Phi) is 6.09. The van der Waals surface area contributed by atoms with Crippen molar-refractivity contribution >= 4 is 0 Å². The van der Waals surface area contributed by atoms with Gasteiger partial charge in [-0.1, -0.05) is 20.8 Å². The third-order valence-corrected chi connectivity index (χ3v) is 11.0. The van der Waals surface area contributed by atoms with Crippen molar-refractivity contribution < 1.29 is 23.7 Å². The minimum atomic E-state index is -3.04. The molecule has 4 aliphatic rings. The summed E-state index contributed by atoms with van der Waals surface area (Å²) in [7, 11) is 1.67. The molecule has 4 rings (SSSR count). The maximum atomic E-state index is 13.9. The number of aliphatic hydroxyl groups is 2. The van der Waals surface area contributed by atoms with Crippen molar-refractivity contribution in [2.45, 2.75) is 103 Å². The first-order valence-corrected chi connectivity index (χ1v) is 12.6. The van der Waals surface area contributed by atoms with Crippen LogP contribution in [-0.4, -0.2) is 41.6 Å². The molecule has 180 valence electrons. The van der Waals surface area contributed by atoms with Crippen LogP contribution in [-0.2, 0) is 4.74 Å². The van der Waals surface area contributed by atoms with Crippen LogP contribution in [0.2, 0.25) is 0 Å². The van der Waals surface area contributed by atoms with Gasteiger partial charge in [-0.15, -0.1) is 0 Å². The summed E-state index contributed by atoms with van der Waals surface area (Å²) in [6, 6.07) is 0. The standard InChI is InChI=1S/C26H44F2O3/c1-16(22(29)25(4,27)28)19-8-9-20-18-7-6-17-14-26(30,15-31-5)13-12-23(17,2)21(18)10-11-24(19,20)3/h16-22,29-30H,6-15H2,1-5H3/t16-,17+,18-,19+,20-,21-,22-,23-,24+,26-/m0/s1. The number of fused-ring (bicyclic) bond motifs is 5. The van der Waals surface area contributed by atoms with Gasteiger partial charge in [0.25, 0.3) is 5.92 Å². The fourth-order valence-electron chi connectivity index (χ4n) is 9.31. The van der Waals surface area contributed by atoms with E-state index in [0.717, 1.165) is 58.3 Å². The first-order valence-electron chi connectivity index (χ1n) is 12.6. The van der Waals surface area contributed by atoms with Crippen molar-refractivity contribution in [1.29, 1.82) is 0 Å². The van der Waals surface area contributed by atoms with E-state index in [4.69, 9.17) is 4.74 Å². The maximum Gasteiger partial charge on any atom is 0.270 e. The quantitative estimate of drug-likeness (QED) is 0.576. The fraction of sp³-hybridized carbons (Fsp3) is 1.00. The second kappa shape index (κ2) is 7.91. The summed E-state index contributed by atoms with van der Waals surface area (Å²) in [5, 5.41) is 21.4.